The van der Waals surface area contributed by atoms with Crippen molar-refractivity contribution in [3.8, 4) is 11.4 Å². The van der Waals surface area contributed by atoms with Gasteiger partial charge in [-0.25, -0.2) is 10.4 Å². The fourth-order valence-corrected chi connectivity index (χ4v) is 6.20. The molecule has 10 heteroatoms. The molecule has 1 aromatic carbocycles. The Balaban J connectivity index is 1.45. The Morgan fingerprint density at radius 2 is 2.06 bits per heavy atom. The molecule has 3 aromatic heterocycles. The lowest BCUT2D eigenvalue weighted by molar-refractivity contribution is -0.118. The Kier molecular flexibility index (Phi) is 6.74. The van der Waals surface area contributed by atoms with E-state index in [1.54, 1.807) is 41.2 Å². The standard InChI is InChI=1S/C25H24N4O4S2/c1-15-7-10-18(33-15)13-26-28-21(30)14-34-25-27-23-22(19-5-3-4-6-20(19)35-23)24(31)29(25)16-8-11-17(32-2)12-9-16/h7-13H,3-6,14H2,1-2H3,(H,28,30). The number of thioether (sulfide) groups is 1. The Morgan fingerprint density at radius 1 is 1.26 bits per heavy atom. The Bertz CT molecular complexity index is 1470. The summed E-state index contributed by atoms with van der Waals surface area (Å²) in [6.07, 6.45) is 5.54. The number of benzene rings is 1. The summed E-state index contributed by atoms with van der Waals surface area (Å²) in [4.78, 5) is 33.0. The van der Waals surface area contributed by atoms with Gasteiger partial charge < -0.3 is 9.15 Å². The zero-order valence-electron chi connectivity index (χ0n) is 19.4. The van der Waals surface area contributed by atoms with Crippen LogP contribution >= 0.6 is 23.1 Å². The molecule has 0 saturated carbocycles. The fraction of sp³-hybridized carbons (Fsp3) is 0.280. The minimum atomic E-state index is -0.310. The second kappa shape index (κ2) is 10.1. The van der Waals surface area contributed by atoms with E-state index in [9.17, 15) is 9.59 Å². The fourth-order valence-electron chi connectivity index (χ4n) is 4.10. The number of aromatic nitrogens is 2. The van der Waals surface area contributed by atoms with Crippen LogP contribution < -0.4 is 15.7 Å². The van der Waals surface area contributed by atoms with Crippen molar-refractivity contribution in [2.24, 2.45) is 5.10 Å². The van der Waals surface area contributed by atoms with Crippen LogP contribution in [-0.2, 0) is 17.6 Å². The van der Waals surface area contributed by atoms with Crippen molar-refractivity contribution < 1.29 is 13.9 Å². The van der Waals surface area contributed by atoms with Gasteiger partial charge in [0, 0.05) is 4.88 Å². The van der Waals surface area contributed by atoms with E-state index in [2.05, 4.69) is 10.5 Å². The Morgan fingerprint density at radius 3 is 2.80 bits per heavy atom. The molecule has 180 valence electrons. The summed E-state index contributed by atoms with van der Waals surface area (Å²) in [6.45, 7) is 1.84. The number of fused-ring (bicyclic) bond motifs is 3. The molecular formula is C25H24N4O4S2. The van der Waals surface area contributed by atoms with E-state index in [0.717, 1.165) is 41.8 Å². The lowest BCUT2D eigenvalue weighted by Crippen LogP contribution is -2.24. The number of hydrogen-bond acceptors (Lipinski definition) is 8. The highest BCUT2D eigenvalue weighted by Crippen LogP contribution is 2.35. The number of aryl methyl sites for hydroxylation is 3. The molecule has 0 bridgehead atoms. The molecule has 0 atom stereocenters. The van der Waals surface area contributed by atoms with Gasteiger partial charge in [0.1, 0.15) is 22.1 Å². The van der Waals surface area contributed by atoms with E-state index >= 15 is 0 Å². The van der Waals surface area contributed by atoms with Crippen molar-refractivity contribution >= 4 is 45.4 Å². The van der Waals surface area contributed by atoms with Gasteiger partial charge in [-0.3, -0.25) is 14.2 Å². The number of nitrogens with zero attached hydrogens (tertiary/aromatic N) is 3. The van der Waals surface area contributed by atoms with Crippen molar-refractivity contribution in [2.45, 2.75) is 37.8 Å². The molecule has 3 heterocycles. The Hall–Kier alpha value is -3.37. The molecule has 0 spiro atoms. The average molecular weight is 509 g/mol. The monoisotopic (exact) mass is 508 g/mol. The molecule has 0 fully saturated rings. The average Bonchev–Trinajstić information content (AvgIpc) is 3.45. The van der Waals surface area contributed by atoms with Crippen molar-refractivity contribution in [3.63, 3.8) is 0 Å². The van der Waals surface area contributed by atoms with Crippen molar-refractivity contribution in [1.29, 1.82) is 0 Å². The number of carbonyl (C=O) groups excluding carboxylic acids is 1. The van der Waals surface area contributed by atoms with E-state index in [1.807, 2.05) is 25.1 Å². The summed E-state index contributed by atoms with van der Waals surface area (Å²) >= 11 is 2.80. The van der Waals surface area contributed by atoms with E-state index in [1.165, 1.54) is 22.9 Å². The maximum absolute atomic E-state index is 13.8. The number of hydrogen-bond donors (Lipinski definition) is 1. The number of ether oxygens (including phenoxy) is 1. The van der Waals surface area contributed by atoms with Gasteiger partial charge >= 0.3 is 0 Å². The van der Waals surface area contributed by atoms with Gasteiger partial charge in [-0.15, -0.1) is 11.3 Å². The first-order chi connectivity index (χ1) is 17.0. The minimum absolute atomic E-state index is 0.0493. The molecule has 1 N–H and O–H groups in total. The molecule has 5 rings (SSSR count). The van der Waals surface area contributed by atoms with Crippen LogP contribution in [-0.4, -0.2) is 34.5 Å². The molecule has 1 aliphatic rings. The predicted octanol–water partition coefficient (Wildman–Crippen LogP) is 4.48. The maximum atomic E-state index is 13.8. The van der Waals surface area contributed by atoms with Crippen LogP contribution in [0.25, 0.3) is 15.9 Å². The highest BCUT2D eigenvalue weighted by molar-refractivity contribution is 7.99. The predicted molar refractivity (Wildman–Crippen MR) is 138 cm³/mol. The van der Waals surface area contributed by atoms with E-state index in [0.29, 0.717) is 27.7 Å². The summed E-state index contributed by atoms with van der Waals surface area (Å²) < 4.78 is 12.3. The number of thiophene rings is 1. The second-order valence-electron chi connectivity index (χ2n) is 8.15. The van der Waals surface area contributed by atoms with Crippen LogP contribution in [0.3, 0.4) is 0 Å². The van der Waals surface area contributed by atoms with E-state index < -0.39 is 0 Å². The zero-order chi connectivity index (χ0) is 24.4. The number of rotatable bonds is 7. The molecule has 4 aromatic rings. The molecule has 8 nitrogen and oxygen atoms in total. The molecule has 0 saturated heterocycles. The van der Waals surface area contributed by atoms with Gasteiger partial charge in [-0.1, -0.05) is 11.8 Å². The lowest BCUT2D eigenvalue weighted by atomic mass is 9.97. The number of methoxy groups -OCH3 is 1. The van der Waals surface area contributed by atoms with Crippen LogP contribution in [0.2, 0.25) is 0 Å². The van der Waals surface area contributed by atoms with Gasteiger partial charge in [0.05, 0.1) is 30.2 Å². The first kappa shape index (κ1) is 23.4. The summed E-state index contributed by atoms with van der Waals surface area (Å²) in [5.41, 5.74) is 4.20. The van der Waals surface area contributed by atoms with E-state index in [-0.39, 0.29) is 17.2 Å². The van der Waals surface area contributed by atoms with Gasteiger partial charge in [0.2, 0.25) is 0 Å². The first-order valence-corrected chi connectivity index (χ1v) is 13.1. The van der Waals surface area contributed by atoms with Crippen molar-refractivity contribution in [2.75, 3.05) is 12.9 Å². The van der Waals surface area contributed by atoms with Crippen molar-refractivity contribution in [3.05, 3.63) is 68.7 Å². The van der Waals surface area contributed by atoms with Crippen LogP contribution in [0.15, 0.2) is 55.9 Å². The highest BCUT2D eigenvalue weighted by atomic mass is 32.2. The highest BCUT2D eigenvalue weighted by Gasteiger charge is 2.23. The third kappa shape index (κ3) is 4.89. The molecule has 35 heavy (non-hydrogen) atoms. The van der Waals surface area contributed by atoms with Crippen LogP contribution in [0.1, 0.15) is 34.8 Å². The van der Waals surface area contributed by atoms with Crippen LogP contribution in [0, 0.1) is 6.92 Å². The molecule has 0 radical (unpaired) electrons. The smallest absolute Gasteiger partial charge is 0.267 e. The molecule has 0 aliphatic heterocycles. The maximum Gasteiger partial charge on any atom is 0.267 e. The number of nitrogens with one attached hydrogen (secondary N) is 1. The third-order valence-electron chi connectivity index (χ3n) is 5.76. The SMILES string of the molecule is COc1ccc(-n2c(SCC(=O)NN=Cc3ccc(C)o3)nc3sc4c(c3c2=O)CCCC4)cc1. The summed E-state index contributed by atoms with van der Waals surface area (Å²) in [7, 11) is 1.60. The summed E-state index contributed by atoms with van der Waals surface area (Å²) in [5, 5.41) is 5.11. The number of carbonyl (C=O) groups is 1. The number of hydrazone groups is 1. The summed E-state index contributed by atoms with van der Waals surface area (Å²) in [6, 6.07) is 10.9. The lowest BCUT2D eigenvalue weighted by Gasteiger charge is -2.14. The second-order valence-corrected chi connectivity index (χ2v) is 10.2. The minimum Gasteiger partial charge on any atom is -0.497 e. The topological polar surface area (TPSA) is 98.7 Å². The van der Waals surface area contributed by atoms with Gasteiger partial charge in [-0.05, 0) is 74.6 Å². The largest absolute Gasteiger partial charge is 0.497 e. The molecule has 1 amide bonds. The van der Waals surface area contributed by atoms with E-state index in [4.69, 9.17) is 14.1 Å². The molecular weight excluding hydrogens is 484 g/mol. The molecule has 0 unspecified atom stereocenters. The van der Waals surface area contributed by atoms with Gasteiger partial charge in [0.25, 0.3) is 11.5 Å². The zero-order valence-corrected chi connectivity index (χ0v) is 21.0. The Labute approximate surface area is 210 Å². The normalized spacial score (nSPS) is 13.3. The molecule has 1 aliphatic carbocycles. The third-order valence-corrected chi connectivity index (χ3v) is 7.89. The number of furan rings is 1. The van der Waals surface area contributed by atoms with Crippen LogP contribution in [0.4, 0.5) is 0 Å². The number of amides is 1. The summed E-state index contributed by atoms with van der Waals surface area (Å²) in [5.74, 6) is 1.75. The van der Waals surface area contributed by atoms with Crippen molar-refractivity contribution in [1.82, 2.24) is 15.0 Å². The first-order valence-electron chi connectivity index (χ1n) is 11.3. The van der Waals surface area contributed by atoms with Crippen LogP contribution in [0.5, 0.6) is 5.75 Å². The van der Waals surface area contributed by atoms with Gasteiger partial charge in [0.15, 0.2) is 5.16 Å². The quantitative estimate of drug-likeness (QED) is 0.171. The van der Waals surface area contributed by atoms with Gasteiger partial charge in [-0.2, -0.15) is 5.10 Å².